The van der Waals surface area contributed by atoms with Crippen LogP contribution in [0, 0.1) is 10.1 Å². The highest BCUT2D eigenvalue weighted by atomic mass is 35.5. The number of halogens is 4. The zero-order valence-electron chi connectivity index (χ0n) is 11.5. The Hall–Kier alpha value is -2.33. The lowest BCUT2D eigenvalue weighted by atomic mass is 10.2. The van der Waals surface area contributed by atoms with Gasteiger partial charge in [-0.3, -0.25) is 10.1 Å². The molecular weight excluding hydrogens is 373 g/mol. The summed E-state index contributed by atoms with van der Waals surface area (Å²) in [5, 5.41) is 14.1. The Labute approximate surface area is 138 Å². The molecule has 0 aliphatic carbocycles. The van der Waals surface area contributed by atoms with E-state index in [2.05, 4.69) is 5.32 Å². The van der Waals surface area contributed by atoms with E-state index in [0.29, 0.717) is 22.8 Å². The number of anilines is 2. The van der Waals surface area contributed by atoms with Crippen LogP contribution in [0.4, 0.5) is 30.2 Å². The number of alkyl halides is 3. The first kappa shape index (κ1) is 18.0. The molecule has 11 heteroatoms. The molecule has 2 aromatic carbocycles. The van der Waals surface area contributed by atoms with Crippen LogP contribution in [-0.4, -0.2) is 18.8 Å². The van der Waals surface area contributed by atoms with Crippen molar-refractivity contribution in [2.75, 3.05) is 5.32 Å². The number of hydrogen-bond donors (Lipinski definition) is 1. The molecule has 0 unspecified atom stereocenters. The van der Waals surface area contributed by atoms with Crippen molar-refractivity contribution in [3.8, 4) is 0 Å². The predicted octanol–water partition coefficient (Wildman–Crippen LogP) is 4.29. The summed E-state index contributed by atoms with van der Waals surface area (Å²) >= 11 is 5.70. The van der Waals surface area contributed by atoms with Crippen molar-refractivity contribution in [2.24, 2.45) is 0 Å². The van der Waals surface area contributed by atoms with E-state index in [4.69, 9.17) is 11.6 Å². The summed E-state index contributed by atoms with van der Waals surface area (Å²) in [6, 6.07) is 7.88. The van der Waals surface area contributed by atoms with Gasteiger partial charge in [0.2, 0.25) is 0 Å². The van der Waals surface area contributed by atoms with Crippen molar-refractivity contribution in [3.05, 3.63) is 57.6 Å². The molecule has 0 atom stereocenters. The monoisotopic (exact) mass is 380 g/mol. The highest BCUT2D eigenvalue weighted by Gasteiger charge is 2.47. The smallest absolute Gasteiger partial charge is 0.350 e. The van der Waals surface area contributed by atoms with Gasteiger partial charge in [0.1, 0.15) is 5.69 Å². The third-order valence-electron chi connectivity index (χ3n) is 2.90. The maximum Gasteiger partial charge on any atom is 0.501 e. The number of nitrogens with zero attached hydrogens (tertiary/aromatic N) is 1. The summed E-state index contributed by atoms with van der Waals surface area (Å²) in [5.41, 5.74) is -6.14. The molecule has 128 valence electrons. The first-order valence-electron chi connectivity index (χ1n) is 6.15. The third-order valence-corrected chi connectivity index (χ3v) is 4.64. The van der Waals surface area contributed by atoms with Crippen molar-refractivity contribution in [1.29, 1.82) is 0 Å². The minimum Gasteiger partial charge on any atom is -0.350 e. The zero-order valence-corrected chi connectivity index (χ0v) is 13.1. The molecule has 0 aromatic heterocycles. The van der Waals surface area contributed by atoms with E-state index in [0.717, 1.165) is 6.07 Å². The van der Waals surface area contributed by atoms with Crippen LogP contribution in [0.15, 0.2) is 47.4 Å². The minimum atomic E-state index is -5.68. The van der Waals surface area contributed by atoms with Gasteiger partial charge in [-0.15, -0.1) is 0 Å². The lowest BCUT2D eigenvalue weighted by Gasteiger charge is -2.11. The van der Waals surface area contributed by atoms with Crippen LogP contribution < -0.4 is 5.32 Å². The van der Waals surface area contributed by atoms with Crippen molar-refractivity contribution < 1.29 is 26.5 Å². The maximum atomic E-state index is 12.6. The molecule has 0 saturated carbocycles. The van der Waals surface area contributed by atoms with Crippen molar-refractivity contribution in [3.63, 3.8) is 0 Å². The fraction of sp³-hybridized carbons (Fsp3) is 0.0769. The second-order valence-corrected chi connectivity index (χ2v) is 6.89. The summed E-state index contributed by atoms with van der Waals surface area (Å²) in [5.74, 6) is 0. The van der Waals surface area contributed by atoms with Crippen LogP contribution in [0.5, 0.6) is 0 Å². The molecule has 0 amide bonds. The molecule has 0 radical (unpaired) electrons. The molecule has 1 N–H and O–H groups in total. The van der Waals surface area contributed by atoms with E-state index in [9.17, 15) is 31.7 Å². The first-order valence-corrected chi connectivity index (χ1v) is 8.01. The second-order valence-electron chi connectivity index (χ2n) is 4.52. The van der Waals surface area contributed by atoms with Gasteiger partial charge in [-0.1, -0.05) is 11.6 Å². The SMILES string of the molecule is O=[N+]([O-])c1cc(S(=O)(=O)C(F)(F)F)ccc1Nc1ccc(Cl)cc1. The average molecular weight is 381 g/mol. The molecule has 0 heterocycles. The Morgan fingerprint density at radius 1 is 1.08 bits per heavy atom. The Morgan fingerprint density at radius 3 is 2.17 bits per heavy atom. The Kier molecular flexibility index (Phi) is 4.72. The lowest BCUT2D eigenvalue weighted by Crippen LogP contribution is -2.23. The van der Waals surface area contributed by atoms with Gasteiger partial charge in [0.25, 0.3) is 15.5 Å². The largest absolute Gasteiger partial charge is 0.501 e. The van der Waals surface area contributed by atoms with Gasteiger partial charge in [-0.25, -0.2) is 8.42 Å². The van der Waals surface area contributed by atoms with Gasteiger partial charge in [0.05, 0.1) is 9.82 Å². The van der Waals surface area contributed by atoms with Crippen LogP contribution in [-0.2, 0) is 9.84 Å². The topological polar surface area (TPSA) is 89.3 Å². The van der Waals surface area contributed by atoms with Gasteiger partial charge >= 0.3 is 5.51 Å². The molecule has 0 aliphatic heterocycles. The molecule has 6 nitrogen and oxygen atoms in total. The third kappa shape index (κ3) is 3.60. The highest BCUT2D eigenvalue weighted by molar-refractivity contribution is 7.92. The van der Waals surface area contributed by atoms with Gasteiger partial charge in [0, 0.05) is 16.8 Å². The Bertz CT molecular complexity index is 883. The summed E-state index contributed by atoms with van der Waals surface area (Å²) in [6.07, 6.45) is 0. The fourth-order valence-electron chi connectivity index (χ4n) is 1.76. The summed E-state index contributed by atoms with van der Waals surface area (Å²) in [4.78, 5) is 8.88. The number of nitro benzene ring substituents is 1. The normalized spacial score (nSPS) is 12.0. The number of nitro groups is 1. The quantitative estimate of drug-likeness (QED) is 0.631. The second kappa shape index (κ2) is 6.29. The van der Waals surface area contributed by atoms with Crippen LogP contribution in [0.3, 0.4) is 0 Å². The van der Waals surface area contributed by atoms with Crippen LogP contribution >= 0.6 is 11.6 Å². The molecule has 0 saturated heterocycles. The minimum absolute atomic E-state index is 0.163. The molecule has 24 heavy (non-hydrogen) atoms. The van der Waals surface area contributed by atoms with Crippen molar-refractivity contribution >= 4 is 38.5 Å². The number of sulfone groups is 1. The van der Waals surface area contributed by atoms with E-state index in [1.54, 1.807) is 0 Å². The van der Waals surface area contributed by atoms with E-state index >= 15 is 0 Å². The average Bonchev–Trinajstić information content (AvgIpc) is 2.48. The van der Waals surface area contributed by atoms with E-state index in [1.807, 2.05) is 0 Å². The fourth-order valence-corrected chi connectivity index (χ4v) is 2.66. The van der Waals surface area contributed by atoms with Crippen molar-refractivity contribution in [1.82, 2.24) is 0 Å². The van der Waals surface area contributed by atoms with Gasteiger partial charge in [-0.05, 0) is 36.4 Å². The number of benzene rings is 2. The van der Waals surface area contributed by atoms with Crippen LogP contribution in [0.25, 0.3) is 0 Å². The van der Waals surface area contributed by atoms with E-state index in [1.165, 1.54) is 24.3 Å². The maximum absolute atomic E-state index is 12.6. The van der Waals surface area contributed by atoms with Crippen LogP contribution in [0.1, 0.15) is 0 Å². The van der Waals surface area contributed by atoms with Gasteiger partial charge in [0.15, 0.2) is 0 Å². The summed E-state index contributed by atoms with van der Waals surface area (Å²) < 4.78 is 60.4. The summed E-state index contributed by atoms with van der Waals surface area (Å²) in [6.45, 7) is 0. The van der Waals surface area contributed by atoms with Gasteiger partial charge in [-0.2, -0.15) is 13.2 Å². The van der Waals surface area contributed by atoms with Crippen molar-refractivity contribution in [2.45, 2.75) is 10.4 Å². The molecule has 0 aliphatic rings. The standard InChI is InChI=1S/C13H8ClF3N2O4S/c14-8-1-3-9(4-2-8)18-11-6-5-10(7-12(11)19(20)21)24(22,23)13(15,16)17/h1-7,18H. The number of rotatable bonds is 4. The number of hydrogen-bond acceptors (Lipinski definition) is 5. The molecular formula is C13H8ClF3N2O4S. The Morgan fingerprint density at radius 2 is 1.67 bits per heavy atom. The van der Waals surface area contributed by atoms with E-state index < -0.39 is 30.9 Å². The van der Waals surface area contributed by atoms with Gasteiger partial charge < -0.3 is 5.32 Å². The highest BCUT2D eigenvalue weighted by Crippen LogP contribution is 2.35. The molecule has 0 spiro atoms. The van der Waals surface area contributed by atoms with Crippen LogP contribution in [0.2, 0.25) is 5.02 Å². The summed E-state index contributed by atoms with van der Waals surface area (Å²) in [7, 11) is -5.68. The first-order chi connectivity index (χ1) is 11.0. The predicted molar refractivity (Wildman–Crippen MR) is 81.1 cm³/mol. The van der Waals surface area contributed by atoms with E-state index in [-0.39, 0.29) is 5.69 Å². The molecule has 0 fully saturated rings. The Balaban J connectivity index is 2.48. The lowest BCUT2D eigenvalue weighted by molar-refractivity contribution is -0.384. The number of nitrogens with one attached hydrogen (secondary N) is 1. The molecule has 2 rings (SSSR count). The molecule has 0 bridgehead atoms. The zero-order chi connectivity index (χ0) is 18.1. The molecule has 2 aromatic rings.